The Kier molecular flexibility index (Phi) is 7.55. The third-order valence-electron chi connectivity index (χ3n) is 4.25. The van der Waals surface area contributed by atoms with Crippen LogP contribution in [0.1, 0.15) is 40.9 Å². The number of ether oxygens (including phenoxy) is 2. The first-order valence-electron chi connectivity index (χ1n) is 9.22. The fraction of sp³-hybridized carbons (Fsp3) is 0.364. The van der Waals surface area contributed by atoms with Gasteiger partial charge in [0, 0.05) is 20.5 Å². The molecule has 150 valence electrons. The minimum Gasteiger partial charge on any atom is -0.461 e. The number of alkyl halides is 1. The van der Waals surface area contributed by atoms with Gasteiger partial charge in [-0.05, 0) is 61.7 Å². The van der Waals surface area contributed by atoms with E-state index in [0.29, 0.717) is 11.3 Å². The van der Waals surface area contributed by atoms with Gasteiger partial charge in [0.1, 0.15) is 12.4 Å². The van der Waals surface area contributed by atoms with Crippen LogP contribution in [0.15, 0.2) is 41.4 Å². The second-order valence-corrected chi connectivity index (χ2v) is 6.65. The highest BCUT2D eigenvalue weighted by Crippen LogP contribution is 2.24. The van der Waals surface area contributed by atoms with Crippen LogP contribution < -0.4 is 4.74 Å². The Hall–Kier alpha value is -2.89. The number of hydrogen-bond acceptors (Lipinski definition) is 4. The summed E-state index contributed by atoms with van der Waals surface area (Å²) in [5.41, 5.74) is 3.85. The molecule has 0 aliphatic heterocycles. The number of carbonyl (C=O) groups excluding carboxylic acids is 1. The van der Waals surface area contributed by atoms with Crippen LogP contribution >= 0.6 is 0 Å². The topological polar surface area (TPSA) is 51.1 Å². The molecule has 0 heterocycles. The summed E-state index contributed by atoms with van der Waals surface area (Å²) >= 11 is 0. The second kappa shape index (κ2) is 9.88. The lowest BCUT2D eigenvalue weighted by atomic mass is 10.0. The molecule has 28 heavy (non-hydrogen) atoms. The van der Waals surface area contributed by atoms with Gasteiger partial charge in [0.15, 0.2) is 0 Å². The fourth-order valence-electron chi connectivity index (χ4n) is 2.48. The van der Waals surface area contributed by atoms with Gasteiger partial charge in [-0.1, -0.05) is 12.1 Å². The third kappa shape index (κ3) is 6.08. The van der Waals surface area contributed by atoms with Gasteiger partial charge in [0.2, 0.25) is 6.36 Å². The van der Waals surface area contributed by atoms with Gasteiger partial charge in [-0.2, -0.15) is 0 Å². The Morgan fingerprint density at radius 3 is 2.50 bits per heavy atom. The van der Waals surface area contributed by atoms with E-state index >= 15 is 0 Å². The molecule has 0 aromatic heterocycles. The molecule has 0 amide bonds. The fourth-order valence-corrected chi connectivity index (χ4v) is 2.48. The highest BCUT2D eigenvalue weighted by Gasteiger charge is 2.13. The normalized spacial score (nSPS) is 12.1. The van der Waals surface area contributed by atoms with Crippen LogP contribution in [-0.2, 0) is 11.3 Å². The van der Waals surface area contributed by atoms with Crippen molar-refractivity contribution in [2.24, 2.45) is 4.99 Å². The zero-order valence-electron chi connectivity index (χ0n) is 17.0. The maximum atomic E-state index is 12.8. The summed E-state index contributed by atoms with van der Waals surface area (Å²) in [5.74, 6) is 0.0425. The maximum Gasteiger partial charge on any atom is 0.338 e. The zero-order valence-corrected chi connectivity index (χ0v) is 17.0. The molecule has 0 aliphatic carbocycles. The maximum absolute atomic E-state index is 12.8. The van der Waals surface area contributed by atoms with E-state index in [0.717, 1.165) is 28.9 Å². The van der Waals surface area contributed by atoms with Gasteiger partial charge in [-0.15, -0.1) is 0 Å². The number of nitrogens with zero attached hydrogens (tertiary/aromatic N) is 2. The molecular formula is C22H27FN2O3. The van der Waals surface area contributed by atoms with E-state index in [-0.39, 0.29) is 12.6 Å². The highest BCUT2D eigenvalue weighted by molar-refractivity contribution is 5.92. The smallest absolute Gasteiger partial charge is 0.338 e. The number of halogens is 1. The molecule has 0 saturated heterocycles. The Balaban J connectivity index is 2.04. The van der Waals surface area contributed by atoms with Crippen LogP contribution in [0, 0.1) is 13.8 Å². The average molecular weight is 386 g/mol. The number of benzene rings is 2. The first kappa shape index (κ1) is 21.4. The summed E-state index contributed by atoms with van der Waals surface area (Å²) in [5, 5.41) is 0. The SMILES string of the molecule is CCN(C)C=Nc1cc(C)c(C(=O)OCc2ccc(O[C@@H](C)F)cc2)cc1C. The van der Waals surface area contributed by atoms with E-state index in [2.05, 4.69) is 4.99 Å². The van der Waals surface area contributed by atoms with Crippen LogP contribution in [0.25, 0.3) is 0 Å². The zero-order chi connectivity index (χ0) is 20.7. The van der Waals surface area contributed by atoms with Crippen molar-refractivity contribution in [3.8, 4) is 5.75 Å². The number of aryl methyl sites for hydroxylation is 2. The first-order valence-corrected chi connectivity index (χ1v) is 9.22. The number of hydrogen-bond donors (Lipinski definition) is 0. The molecule has 2 aromatic rings. The Bertz CT molecular complexity index is 832. The van der Waals surface area contributed by atoms with Crippen molar-refractivity contribution >= 4 is 18.0 Å². The molecule has 0 bridgehead atoms. The van der Waals surface area contributed by atoms with E-state index in [4.69, 9.17) is 9.47 Å². The van der Waals surface area contributed by atoms with Crippen molar-refractivity contribution in [1.82, 2.24) is 4.90 Å². The van der Waals surface area contributed by atoms with Crippen LogP contribution in [0.3, 0.4) is 0 Å². The van der Waals surface area contributed by atoms with Crippen molar-refractivity contribution < 1.29 is 18.7 Å². The van der Waals surface area contributed by atoms with Gasteiger partial charge in [0.05, 0.1) is 17.6 Å². The van der Waals surface area contributed by atoms with Crippen molar-refractivity contribution in [2.75, 3.05) is 13.6 Å². The molecule has 0 unspecified atom stereocenters. The van der Waals surface area contributed by atoms with E-state index in [1.807, 2.05) is 38.8 Å². The van der Waals surface area contributed by atoms with Gasteiger partial charge in [-0.25, -0.2) is 14.2 Å². The molecule has 2 rings (SSSR count). The second-order valence-electron chi connectivity index (χ2n) is 6.65. The summed E-state index contributed by atoms with van der Waals surface area (Å²) in [6.07, 6.45) is 0.404. The molecule has 1 atom stereocenters. The minimum atomic E-state index is -1.37. The number of carbonyl (C=O) groups is 1. The molecule has 0 spiro atoms. The van der Waals surface area contributed by atoms with E-state index in [1.165, 1.54) is 6.92 Å². The van der Waals surface area contributed by atoms with Crippen LogP contribution in [0.2, 0.25) is 0 Å². The van der Waals surface area contributed by atoms with Gasteiger partial charge < -0.3 is 14.4 Å². The third-order valence-corrected chi connectivity index (χ3v) is 4.25. The standard InChI is InChI=1S/C22H27FN2O3/c1-6-25(5)14-24-21-12-15(2)20(11-16(21)3)22(26)27-13-18-7-9-19(10-8-18)28-17(4)23/h7-12,14,17H,6,13H2,1-5H3/t17-/m0/s1. The predicted octanol–water partition coefficient (Wildman–Crippen LogP) is 4.97. The predicted molar refractivity (Wildman–Crippen MR) is 109 cm³/mol. The average Bonchev–Trinajstić information content (AvgIpc) is 2.66. The number of rotatable bonds is 8. The number of esters is 1. The lowest BCUT2D eigenvalue weighted by Crippen LogP contribution is -2.14. The molecule has 2 aromatic carbocycles. The Morgan fingerprint density at radius 1 is 1.21 bits per heavy atom. The summed E-state index contributed by atoms with van der Waals surface area (Å²) < 4.78 is 23.2. The van der Waals surface area contributed by atoms with Crippen molar-refractivity contribution in [3.05, 3.63) is 58.7 Å². The van der Waals surface area contributed by atoms with E-state index < -0.39 is 6.36 Å². The molecule has 0 fully saturated rings. The molecular weight excluding hydrogens is 359 g/mol. The number of aliphatic imine (C=N–C) groups is 1. The monoisotopic (exact) mass is 386 g/mol. The Morgan fingerprint density at radius 2 is 1.89 bits per heavy atom. The summed E-state index contributed by atoms with van der Waals surface area (Å²) in [6.45, 7) is 8.14. The minimum absolute atomic E-state index is 0.129. The van der Waals surface area contributed by atoms with Gasteiger partial charge in [0.25, 0.3) is 0 Å². The lowest BCUT2D eigenvalue weighted by molar-refractivity contribution is 0.0471. The van der Waals surface area contributed by atoms with Crippen LogP contribution in [0.5, 0.6) is 5.75 Å². The largest absolute Gasteiger partial charge is 0.461 e. The van der Waals surface area contributed by atoms with Crippen LogP contribution in [-0.4, -0.2) is 37.2 Å². The summed E-state index contributed by atoms with van der Waals surface area (Å²) in [4.78, 5) is 18.9. The quantitative estimate of drug-likeness (QED) is 0.365. The molecule has 0 N–H and O–H groups in total. The van der Waals surface area contributed by atoms with E-state index in [9.17, 15) is 9.18 Å². The van der Waals surface area contributed by atoms with Crippen molar-refractivity contribution in [3.63, 3.8) is 0 Å². The summed E-state index contributed by atoms with van der Waals surface area (Å²) in [6, 6.07) is 10.5. The van der Waals surface area contributed by atoms with Gasteiger partial charge in [-0.3, -0.25) is 0 Å². The van der Waals surface area contributed by atoms with Crippen LogP contribution in [0.4, 0.5) is 10.1 Å². The molecule has 0 aliphatic rings. The molecule has 5 nitrogen and oxygen atoms in total. The lowest BCUT2D eigenvalue weighted by Gasteiger charge is -2.12. The highest BCUT2D eigenvalue weighted by atomic mass is 19.1. The Labute approximate surface area is 165 Å². The van der Waals surface area contributed by atoms with E-state index in [1.54, 1.807) is 36.7 Å². The van der Waals surface area contributed by atoms with Crippen molar-refractivity contribution in [1.29, 1.82) is 0 Å². The van der Waals surface area contributed by atoms with Gasteiger partial charge >= 0.3 is 5.97 Å². The molecule has 0 saturated carbocycles. The molecule has 6 heteroatoms. The first-order chi connectivity index (χ1) is 13.3. The van der Waals surface area contributed by atoms with Crippen molar-refractivity contribution in [2.45, 2.75) is 40.7 Å². The molecule has 0 radical (unpaired) electrons. The summed E-state index contributed by atoms with van der Waals surface area (Å²) in [7, 11) is 1.95.